The van der Waals surface area contributed by atoms with E-state index in [1.165, 1.54) is 19.3 Å². The molecule has 0 bridgehead atoms. The summed E-state index contributed by atoms with van der Waals surface area (Å²) in [5, 5.41) is 6.76. The summed E-state index contributed by atoms with van der Waals surface area (Å²) in [6.07, 6.45) is 3.52. The van der Waals surface area contributed by atoms with Gasteiger partial charge in [-0.15, -0.1) is 0 Å². The van der Waals surface area contributed by atoms with Crippen molar-refractivity contribution in [2.45, 2.75) is 19.3 Å². The molecule has 1 atom stereocenters. The summed E-state index contributed by atoms with van der Waals surface area (Å²) >= 11 is 0. The van der Waals surface area contributed by atoms with Gasteiger partial charge in [-0.1, -0.05) is 6.42 Å². The highest BCUT2D eigenvalue weighted by molar-refractivity contribution is 7.47. The maximum atomic E-state index is 11.3. The molecule has 1 unspecified atom stereocenters. The Bertz CT molecular complexity index is 625. The van der Waals surface area contributed by atoms with Crippen LogP contribution in [0.25, 0.3) is 0 Å². The van der Waals surface area contributed by atoms with E-state index in [1.807, 2.05) is 0 Å². The molecule has 0 heterocycles. The van der Waals surface area contributed by atoms with Gasteiger partial charge >= 0.3 is 7.82 Å². The summed E-state index contributed by atoms with van der Waals surface area (Å²) < 4.78 is 20.5. The quantitative estimate of drug-likeness (QED) is 0.0270. The standard InChI is InChI=1S/C26H66N11O4P/c1-40-42(38,39)41-26-13-33-12-22-36(19-8-30)21-10-32-11-23-37(20-9-31)25-24-35(18-7-29)15-4-2-3-14-34(16-5-27)17-6-28/h32-33H,2-31H2,1H3,(H,38,39). The molecule has 42 heavy (non-hydrogen) atoms. The number of unbranched alkanes of at least 4 members (excludes halogenated alkanes) is 2. The average molecular weight is 628 g/mol. The van der Waals surface area contributed by atoms with E-state index < -0.39 is 7.82 Å². The largest absolute Gasteiger partial charge is 0.471 e. The Morgan fingerprint density at radius 3 is 1.31 bits per heavy atom. The van der Waals surface area contributed by atoms with Crippen LogP contribution in [0.5, 0.6) is 0 Å². The van der Waals surface area contributed by atoms with E-state index in [0.29, 0.717) is 39.3 Å². The lowest BCUT2D eigenvalue weighted by Gasteiger charge is -2.28. The Kier molecular flexibility index (Phi) is 29.2. The second-order valence-electron chi connectivity index (χ2n) is 10.4. The van der Waals surface area contributed by atoms with E-state index in [2.05, 4.69) is 34.8 Å². The summed E-state index contributed by atoms with van der Waals surface area (Å²) in [6.45, 7) is 17.5. The first-order chi connectivity index (χ1) is 20.3. The molecule has 0 aromatic carbocycles. The number of phosphoric ester groups is 1. The van der Waals surface area contributed by atoms with Crippen LogP contribution in [-0.4, -0.2) is 176 Å². The monoisotopic (exact) mass is 628 g/mol. The Morgan fingerprint density at radius 1 is 0.548 bits per heavy atom. The SMILES string of the molecule is COP(=O)(O)OCCNCCN(CCN)CCNCCN(CCN)CCN(CCN)CCCCCN(CCN)CCN. The predicted molar refractivity (Wildman–Crippen MR) is 173 cm³/mol. The molecule has 16 heteroatoms. The van der Waals surface area contributed by atoms with Crippen LogP contribution in [0.15, 0.2) is 0 Å². The van der Waals surface area contributed by atoms with Gasteiger partial charge in [-0.05, 0) is 25.9 Å². The molecule has 0 fully saturated rings. The molecule has 0 radical (unpaired) electrons. The summed E-state index contributed by atoms with van der Waals surface area (Å²) in [6, 6.07) is 0. The van der Waals surface area contributed by atoms with Crippen LogP contribution < -0.4 is 39.3 Å². The van der Waals surface area contributed by atoms with Gasteiger partial charge in [-0.25, -0.2) is 4.57 Å². The van der Waals surface area contributed by atoms with Crippen LogP contribution >= 0.6 is 7.82 Å². The van der Waals surface area contributed by atoms with Crippen molar-refractivity contribution in [1.29, 1.82) is 0 Å². The predicted octanol–water partition coefficient (Wildman–Crippen LogP) is -2.90. The normalized spacial score (nSPS) is 13.7. The molecule has 0 spiro atoms. The number of nitrogens with one attached hydrogen (secondary N) is 2. The fourth-order valence-electron chi connectivity index (χ4n) is 4.63. The molecule has 13 N–H and O–H groups in total. The molecule has 0 saturated carbocycles. The zero-order valence-corrected chi connectivity index (χ0v) is 27.4. The van der Waals surface area contributed by atoms with Crippen molar-refractivity contribution in [1.82, 2.24) is 30.2 Å². The lowest BCUT2D eigenvalue weighted by atomic mass is 10.2. The van der Waals surface area contributed by atoms with Gasteiger partial charge in [0.2, 0.25) is 0 Å². The summed E-state index contributed by atoms with van der Waals surface area (Å²) in [5.74, 6) is 0. The van der Waals surface area contributed by atoms with Crippen molar-refractivity contribution < 1.29 is 18.5 Å². The number of rotatable bonds is 33. The highest BCUT2D eigenvalue weighted by atomic mass is 31.2. The molecule has 0 amide bonds. The molecule has 0 rings (SSSR count). The smallest absolute Gasteiger partial charge is 0.329 e. The van der Waals surface area contributed by atoms with Gasteiger partial charge < -0.3 is 54.0 Å². The van der Waals surface area contributed by atoms with Crippen molar-refractivity contribution in [2.75, 3.05) is 151 Å². The Morgan fingerprint density at radius 2 is 0.905 bits per heavy atom. The maximum Gasteiger partial charge on any atom is 0.471 e. The van der Waals surface area contributed by atoms with Crippen LogP contribution in [0, 0.1) is 0 Å². The van der Waals surface area contributed by atoms with Crippen molar-refractivity contribution in [3.8, 4) is 0 Å². The third kappa shape index (κ3) is 25.0. The van der Waals surface area contributed by atoms with Crippen molar-refractivity contribution in [3.05, 3.63) is 0 Å². The van der Waals surface area contributed by atoms with Crippen molar-refractivity contribution >= 4 is 7.82 Å². The highest BCUT2D eigenvalue weighted by Crippen LogP contribution is 2.41. The molecule has 0 aliphatic heterocycles. The van der Waals surface area contributed by atoms with Gasteiger partial charge in [0.25, 0.3) is 0 Å². The zero-order valence-electron chi connectivity index (χ0n) is 26.5. The minimum absolute atomic E-state index is 0.105. The van der Waals surface area contributed by atoms with E-state index in [9.17, 15) is 9.46 Å². The van der Waals surface area contributed by atoms with Crippen LogP contribution in [0.4, 0.5) is 0 Å². The first-order valence-electron chi connectivity index (χ1n) is 15.7. The van der Waals surface area contributed by atoms with Gasteiger partial charge in [0, 0.05) is 131 Å². The molecule has 254 valence electrons. The van der Waals surface area contributed by atoms with Crippen LogP contribution in [0.3, 0.4) is 0 Å². The summed E-state index contributed by atoms with van der Waals surface area (Å²) in [7, 11) is -2.77. The minimum Gasteiger partial charge on any atom is -0.329 e. The number of phosphoric acid groups is 1. The van der Waals surface area contributed by atoms with E-state index >= 15 is 0 Å². The fraction of sp³-hybridized carbons (Fsp3) is 1.00. The summed E-state index contributed by atoms with van der Waals surface area (Å²) in [4.78, 5) is 18.8. The molecule has 0 saturated heterocycles. The number of nitrogens with zero attached hydrogens (tertiary/aromatic N) is 4. The maximum absolute atomic E-state index is 11.3. The molecular weight excluding hydrogens is 561 g/mol. The van der Waals surface area contributed by atoms with Gasteiger partial charge in [-0.2, -0.15) is 0 Å². The molecule has 0 aromatic rings. The van der Waals surface area contributed by atoms with E-state index in [0.717, 1.165) is 105 Å². The topological polar surface area (TPSA) is 223 Å². The summed E-state index contributed by atoms with van der Waals surface area (Å²) in [5.41, 5.74) is 29.0. The van der Waals surface area contributed by atoms with Gasteiger partial charge in [0.15, 0.2) is 0 Å². The minimum atomic E-state index is -3.91. The fourth-order valence-corrected chi connectivity index (χ4v) is 5.06. The van der Waals surface area contributed by atoms with E-state index in [-0.39, 0.29) is 6.61 Å². The van der Waals surface area contributed by atoms with Gasteiger partial charge in [0.05, 0.1) is 6.61 Å². The zero-order chi connectivity index (χ0) is 31.3. The first kappa shape index (κ1) is 41.7. The van der Waals surface area contributed by atoms with Crippen LogP contribution in [-0.2, 0) is 13.6 Å². The van der Waals surface area contributed by atoms with Crippen molar-refractivity contribution in [3.63, 3.8) is 0 Å². The Labute approximate surface area is 255 Å². The Balaban J connectivity index is 4.23. The number of nitrogens with two attached hydrogens (primary N) is 5. The average Bonchev–Trinajstić information content (AvgIpc) is 2.97. The Hall–Kier alpha value is -0.330. The third-order valence-electron chi connectivity index (χ3n) is 6.99. The van der Waals surface area contributed by atoms with Crippen LogP contribution in [0.2, 0.25) is 0 Å². The van der Waals surface area contributed by atoms with E-state index in [1.54, 1.807) is 0 Å². The molecule has 0 aliphatic carbocycles. The first-order valence-corrected chi connectivity index (χ1v) is 17.2. The molecular formula is C26H66N11O4P. The molecule has 0 aromatic heterocycles. The molecule has 0 aliphatic rings. The number of hydrogen-bond acceptors (Lipinski definition) is 14. The second-order valence-corrected chi connectivity index (χ2v) is 11.9. The number of hydrogen-bond donors (Lipinski definition) is 8. The van der Waals surface area contributed by atoms with Crippen molar-refractivity contribution in [2.24, 2.45) is 28.7 Å². The lowest BCUT2D eigenvalue weighted by Crippen LogP contribution is -2.43. The third-order valence-corrected chi connectivity index (χ3v) is 7.96. The van der Waals surface area contributed by atoms with Gasteiger partial charge in [0.1, 0.15) is 0 Å². The molecule has 15 nitrogen and oxygen atoms in total. The second kappa shape index (κ2) is 29.4. The van der Waals surface area contributed by atoms with Crippen LogP contribution in [0.1, 0.15) is 19.3 Å². The lowest BCUT2D eigenvalue weighted by molar-refractivity contribution is 0.173. The van der Waals surface area contributed by atoms with Gasteiger partial charge in [-0.3, -0.25) is 18.8 Å². The highest BCUT2D eigenvalue weighted by Gasteiger charge is 2.17. The van der Waals surface area contributed by atoms with E-state index in [4.69, 9.17) is 33.2 Å².